The van der Waals surface area contributed by atoms with Gasteiger partial charge in [-0.3, -0.25) is 0 Å². The van der Waals surface area contributed by atoms with Crippen molar-refractivity contribution in [3.8, 4) is 0 Å². The number of hydrogen-bond acceptors (Lipinski definition) is 3. The minimum atomic E-state index is 0.845. The summed E-state index contributed by atoms with van der Waals surface area (Å²) in [7, 11) is 0. The maximum Gasteiger partial charge on any atom is 0.115 e. The van der Waals surface area contributed by atoms with E-state index in [0.29, 0.717) is 0 Å². The van der Waals surface area contributed by atoms with Gasteiger partial charge < -0.3 is 0 Å². The highest BCUT2D eigenvalue weighted by Crippen LogP contribution is 2.06. The highest BCUT2D eigenvalue weighted by Gasteiger charge is 1.98. The molecule has 0 aliphatic rings. The number of benzene rings is 2. The molecule has 0 bridgehead atoms. The van der Waals surface area contributed by atoms with Crippen molar-refractivity contribution in [3.63, 3.8) is 0 Å². The second kappa shape index (κ2) is 4.17. The van der Waals surface area contributed by atoms with Crippen LogP contribution in [0.15, 0.2) is 59.7 Å². The second-order valence-corrected chi connectivity index (χ2v) is 3.61. The number of aromatic nitrogens is 3. The summed E-state index contributed by atoms with van der Waals surface area (Å²) in [5.74, 6) is 0. The molecule has 1 heterocycles. The average Bonchev–Trinajstić information content (AvgIpc) is 2.80. The zero-order valence-corrected chi connectivity index (χ0v) is 9.06. The summed E-state index contributed by atoms with van der Waals surface area (Å²) in [6.45, 7) is 0. The van der Waals surface area contributed by atoms with Crippen LogP contribution in [-0.4, -0.2) is 21.3 Å². The molecule has 4 nitrogen and oxygen atoms in total. The molecule has 0 saturated carbocycles. The van der Waals surface area contributed by atoms with Gasteiger partial charge in [0, 0.05) is 0 Å². The highest BCUT2D eigenvalue weighted by molar-refractivity contribution is 5.79. The van der Waals surface area contributed by atoms with Crippen LogP contribution in [0.2, 0.25) is 0 Å². The minimum Gasteiger partial charge on any atom is -0.140 e. The van der Waals surface area contributed by atoms with Crippen LogP contribution < -0.4 is 0 Å². The Hall–Kier alpha value is -2.49. The third-order valence-corrected chi connectivity index (χ3v) is 2.39. The van der Waals surface area contributed by atoms with Crippen LogP contribution in [0, 0.1) is 0 Å². The molecular weight excluding hydrogens is 212 g/mol. The third kappa shape index (κ3) is 2.06. The zero-order chi connectivity index (χ0) is 11.5. The molecule has 0 N–H and O–H groups in total. The Morgan fingerprint density at radius 3 is 2.06 bits per heavy atom. The van der Waals surface area contributed by atoms with Gasteiger partial charge in [0.05, 0.1) is 6.21 Å². The summed E-state index contributed by atoms with van der Waals surface area (Å²) in [4.78, 5) is 1.34. The topological polar surface area (TPSA) is 43.1 Å². The first-order chi connectivity index (χ1) is 8.42. The van der Waals surface area contributed by atoms with Crippen molar-refractivity contribution >= 4 is 17.2 Å². The fourth-order valence-corrected chi connectivity index (χ4v) is 1.56. The third-order valence-electron chi connectivity index (χ3n) is 2.39. The zero-order valence-electron chi connectivity index (χ0n) is 9.06. The van der Waals surface area contributed by atoms with E-state index in [4.69, 9.17) is 0 Å². The molecule has 0 atom stereocenters. The first kappa shape index (κ1) is 9.72. The molecule has 4 heteroatoms. The van der Waals surface area contributed by atoms with E-state index in [2.05, 4.69) is 15.3 Å². The largest absolute Gasteiger partial charge is 0.140 e. The van der Waals surface area contributed by atoms with Gasteiger partial charge in [0.2, 0.25) is 0 Å². The Kier molecular flexibility index (Phi) is 2.38. The van der Waals surface area contributed by atoms with Gasteiger partial charge in [0.15, 0.2) is 0 Å². The molecule has 17 heavy (non-hydrogen) atoms. The predicted molar refractivity (Wildman–Crippen MR) is 67.0 cm³/mol. The van der Waals surface area contributed by atoms with E-state index in [0.717, 1.165) is 16.6 Å². The van der Waals surface area contributed by atoms with Gasteiger partial charge in [-0.05, 0) is 17.7 Å². The first-order valence-corrected chi connectivity index (χ1v) is 5.33. The monoisotopic (exact) mass is 222 g/mol. The summed E-state index contributed by atoms with van der Waals surface area (Å²) in [6, 6.07) is 17.6. The Bertz CT molecular complexity index is 622. The molecule has 0 saturated heterocycles. The van der Waals surface area contributed by atoms with Crippen LogP contribution in [0.25, 0.3) is 11.0 Å². The van der Waals surface area contributed by atoms with Crippen LogP contribution in [0.3, 0.4) is 0 Å². The fourth-order valence-electron chi connectivity index (χ4n) is 1.56. The van der Waals surface area contributed by atoms with Crippen LogP contribution in [0.5, 0.6) is 0 Å². The lowest BCUT2D eigenvalue weighted by atomic mass is 10.2. The standard InChI is InChI=1S/C13H10N4/c1-2-6-11(7-3-1)10-14-17-15-12-8-4-5-9-13(12)16-17/h1-10H/b14-10-. The van der Waals surface area contributed by atoms with E-state index in [1.807, 2.05) is 54.6 Å². The number of rotatable bonds is 2. The average molecular weight is 222 g/mol. The van der Waals surface area contributed by atoms with Gasteiger partial charge in [-0.2, -0.15) is 0 Å². The van der Waals surface area contributed by atoms with Crippen molar-refractivity contribution in [2.75, 3.05) is 0 Å². The quantitative estimate of drug-likeness (QED) is 0.624. The van der Waals surface area contributed by atoms with Crippen molar-refractivity contribution in [2.45, 2.75) is 0 Å². The SMILES string of the molecule is C(=N/n1nc2ccccc2n1)/c1ccccc1. The molecule has 3 aromatic rings. The molecule has 82 valence electrons. The molecule has 2 aromatic carbocycles. The van der Waals surface area contributed by atoms with Crippen molar-refractivity contribution in [3.05, 3.63) is 60.2 Å². The van der Waals surface area contributed by atoms with E-state index < -0.39 is 0 Å². The van der Waals surface area contributed by atoms with Gasteiger partial charge in [0.25, 0.3) is 0 Å². The Morgan fingerprint density at radius 1 is 0.824 bits per heavy atom. The first-order valence-electron chi connectivity index (χ1n) is 5.33. The van der Waals surface area contributed by atoms with Gasteiger partial charge in [-0.1, -0.05) is 47.4 Å². The van der Waals surface area contributed by atoms with E-state index in [1.54, 1.807) is 6.21 Å². The lowest BCUT2D eigenvalue weighted by Gasteiger charge is -1.89. The van der Waals surface area contributed by atoms with E-state index in [1.165, 1.54) is 4.91 Å². The number of fused-ring (bicyclic) bond motifs is 1. The summed E-state index contributed by atoms with van der Waals surface area (Å²) in [6.07, 6.45) is 1.74. The predicted octanol–water partition coefficient (Wildman–Crippen LogP) is 2.31. The van der Waals surface area contributed by atoms with Crippen molar-refractivity contribution in [2.24, 2.45) is 5.10 Å². The van der Waals surface area contributed by atoms with Crippen molar-refractivity contribution in [1.82, 2.24) is 15.1 Å². The summed E-state index contributed by atoms with van der Waals surface area (Å²) in [5.41, 5.74) is 2.71. The lowest BCUT2D eigenvalue weighted by Crippen LogP contribution is -1.94. The molecule has 0 spiro atoms. The molecular formula is C13H10N4. The van der Waals surface area contributed by atoms with Gasteiger partial charge >= 0.3 is 0 Å². The molecule has 0 aliphatic heterocycles. The molecule has 1 aromatic heterocycles. The van der Waals surface area contributed by atoms with Crippen LogP contribution >= 0.6 is 0 Å². The number of hydrogen-bond donors (Lipinski definition) is 0. The van der Waals surface area contributed by atoms with E-state index >= 15 is 0 Å². The normalized spacial score (nSPS) is 11.3. The smallest absolute Gasteiger partial charge is 0.115 e. The Labute approximate surface area is 98.2 Å². The van der Waals surface area contributed by atoms with Gasteiger partial charge in [-0.15, -0.1) is 15.3 Å². The fraction of sp³-hybridized carbons (Fsp3) is 0. The minimum absolute atomic E-state index is 0.845. The van der Waals surface area contributed by atoms with Crippen molar-refractivity contribution in [1.29, 1.82) is 0 Å². The van der Waals surface area contributed by atoms with Crippen LogP contribution in [0.4, 0.5) is 0 Å². The molecule has 0 radical (unpaired) electrons. The summed E-state index contributed by atoms with van der Waals surface area (Å²) >= 11 is 0. The molecule has 0 amide bonds. The van der Waals surface area contributed by atoms with E-state index in [-0.39, 0.29) is 0 Å². The maximum atomic E-state index is 4.24. The molecule has 0 fully saturated rings. The molecule has 3 rings (SSSR count). The molecule has 0 aliphatic carbocycles. The Morgan fingerprint density at radius 2 is 1.41 bits per heavy atom. The highest BCUT2D eigenvalue weighted by atomic mass is 15.6. The lowest BCUT2D eigenvalue weighted by molar-refractivity contribution is 0.646. The van der Waals surface area contributed by atoms with Crippen LogP contribution in [-0.2, 0) is 0 Å². The van der Waals surface area contributed by atoms with Gasteiger partial charge in [0.1, 0.15) is 11.0 Å². The summed E-state index contributed by atoms with van der Waals surface area (Å²) in [5, 5.41) is 12.7. The molecule has 0 unspecified atom stereocenters. The summed E-state index contributed by atoms with van der Waals surface area (Å²) < 4.78 is 0. The van der Waals surface area contributed by atoms with Crippen LogP contribution in [0.1, 0.15) is 5.56 Å². The Balaban J connectivity index is 1.92. The second-order valence-electron chi connectivity index (χ2n) is 3.61. The van der Waals surface area contributed by atoms with Gasteiger partial charge in [-0.25, -0.2) is 0 Å². The maximum absolute atomic E-state index is 4.24. The number of nitrogens with zero attached hydrogens (tertiary/aromatic N) is 4. The van der Waals surface area contributed by atoms with E-state index in [9.17, 15) is 0 Å². The van der Waals surface area contributed by atoms with Crippen molar-refractivity contribution < 1.29 is 0 Å².